The van der Waals surface area contributed by atoms with E-state index in [1.807, 2.05) is 18.2 Å². The lowest BCUT2D eigenvalue weighted by Gasteiger charge is -2.16. The van der Waals surface area contributed by atoms with Crippen molar-refractivity contribution < 1.29 is 4.74 Å². The Bertz CT molecular complexity index is 333. The number of ether oxygens (including phenoxy) is 1. The van der Waals surface area contributed by atoms with Crippen LogP contribution in [0.3, 0.4) is 0 Å². The van der Waals surface area contributed by atoms with Gasteiger partial charge in [-0.3, -0.25) is 0 Å². The summed E-state index contributed by atoms with van der Waals surface area (Å²) in [6, 6.07) is 5.96. The van der Waals surface area contributed by atoms with Gasteiger partial charge >= 0.3 is 0 Å². The average molecular weight is 252 g/mol. The highest BCUT2D eigenvalue weighted by Crippen LogP contribution is 2.08. The largest absolute Gasteiger partial charge is 0.383 e. The van der Waals surface area contributed by atoms with E-state index in [-0.39, 0.29) is 0 Å². The monoisotopic (exact) mass is 252 g/mol. The Hall–Kier alpha value is -1.33. The zero-order chi connectivity index (χ0) is 13.2. The van der Waals surface area contributed by atoms with Crippen molar-refractivity contribution in [1.29, 1.82) is 0 Å². The highest BCUT2D eigenvalue weighted by molar-refractivity contribution is 5.44. The molecule has 0 aliphatic carbocycles. The van der Waals surface area contributed by atoms with Gasteiger partial charge in [0.25, 0.3) is 0 Å². The molecule has 18 heavy (non-hydrogen) atoms. The van der Waals surface area contributed by atoms with Crippen LogP contribution in [0.5, 0.6) is 0 Å². The van der Waals surface area contributed by atoms with Gasteiger partial charge in [-0.15, -0.1) is 0 Å². The zero-order valence-corrected chi connectivity index (χ0v) is 11.6. The van der Waals surface area contributed by atoms with Gasteiger partial charge in [0.1, 0.15) is 11.6 Å². The first-order valence-corrected chi connectivity index (χ1v) is 6.38. The van der Waals surface area contributed by atoms with Crippen LogP contribution in [0.4, 0.5) is 11.6 Å². The van der Waals surface area contributed by atoms with E-state index < -0.39 is 0 Å². The van der Waals surface area contributed by atoms with E-state index in [4.69, 9.17) is 4.74 Å². The van der Waals surface area contributed by atoms with Crippen molar-refractivity contribution in [3.8, 4) is 0 Å². The third-order valence-corrected chi connectivity index (χ3v) is 2.58. The Morgan fingerprint density at radius 2 is 1.94 bits per heavy atom. The van der Waals surface area contributed by atoms with Crippen LogP contribution in [0, 0.1) is 0 Å². The second kappa shape index (κ2) is 8.72. The summed E-state index contributed by atoms with van der Waals surface area (Å²) in [7, 11) is 3.81. The number of hydrogen-bond acceptors (Lipinski definition) is 5. The van der Waals surface area contributed by atoms with Gasteiger partial charge in [-0.05, 0) is 26.1 Å². The van der Waals surface area contributed by atoms with Crippen LogP contribution in [0.2, 0.25) is 0 Å². The van der Waals surface area contributed by atoms with Gasteiger partial charge in [-0.1, -0.05) is 6.07 Å². The lowest BCUT2D eigenvalue weighted by molar-refractivity contribution is 0.163. The van der Waals surface area contributed by atoms with E-state index in [0.717, 1.165) is 44.4 Å². The molecular weight excluding hydrogens is 228 g/mol. The van der Waals surface area contributed by atoms with Gasteiger partial charge in [-0.25, -0.2) is 4.98 Å². The molecule has 1 rings (SSSR count). The highest BCUT2D eigenvalue weighted by atomic mass is 16.5. The zero-order valence-electron chi connectivity index (χ0n) is 11.6. The van der Waals surface area contributed by atoms with E-state index in [1.54, 1.807) is 7.11 Å². The van der Waals surface area contributed by atoms with Crippen LogP contribution >= 0.6 is 0 Å². The lowest BCUT2D eigenvalue weighted by Crippen LogP contribution is -2.28. The summed E-state index contributed by atoms with van der Waals surface area (Å²) in [5.74, 6) is 1.82. The topological polar surface area (TPSA) is 49.4 Å². The standard InChI is InChI=1S/C13H24N4O/c1-4-14-12-6-5-7-13(16-12)15-8-9-17(2)10-11-18-3/h5-7H,4,8-11H2,1-3H3,(H2,14,15,16). The second-order valence-electron chi connectivity index (χ2n) is 4.16. The Balaban J connectivity index is 2.28. The smallest absolute Gasteiger partial charge is 0.128 e. The maximum absolute atomic E-state index is 5.04. The molecule has 102 valence electrons. The lowest BCUT2D eigenvalue weighted by atomic mass is 10.4. The van der Waals surface area contributed by atoms with Crippen LogP contribution in [0.1, 0.15) is 6.92 Å². The number of hydrogen-bond donors (Lipinski definition) is 2. The Labute approximate surface area is 110 Å². The van der Waals surface area contributed by atoms with Crippen LogP contribution in [-0.4, -0.2) is 56.8 Å². The fraction of sp³-hybridized carbons (Fsp3) is 0.615. The number of methoxy groups -OCH3 is 1. The molecule has 0 unspecified atom stereocenters. The summed E-state index contributed by atoms with van der Waals surface area (Å²) >= 11 is 0. The Morgan fingerprint density at radius 3 is 2.61 bits per heavy atom. The molecule has 0 amide bonds. The SMILES string of the molecule is CCNc1cccc(NCCN(C)CCOC)n1. The van der Waals surface area contributed by atoms with Crippen LogP contribution in [-0.2, 0) is 4.74 Å². The molecule has 5 nitrogen and oxygen atoms in total. The third-order valence-electron chi connectivity index (χ3n) is 2.58. The number of anilines is 2. The predicted octanol–water partition coefficient (Wildman–Crippen LogP) is 1.50. The van der Waals surface area contributed by atoms with Crippen molar-refractivity contribution in [3.63, 3.8) is 0 Å². The molecule has 1 heterocycles. The molecule has 0 radical (unpaired) electrons. The molecule has 0 saturated carbocycles. The van der Waals surface area contributed by atoms with Gasteiger partial charge in [-0.2, -0.15) is 0 Å². The maximum Gasteiger partial charge on any atom is 0.128 e. The van der Waals surface area contributed by atoms with E-state index in [9.17, 15) is 0 Å². The minimum atomic E-state index is 0.769. The first-order chi connectivity index (χ1) is 8.76. The number of nitrogens with zero attached hydrogens (tertiary/aromatic N) is 2. The van der Waals surface area contributed by atoms with Crippen LogP contribution in [0.15, 0.2) is 18.2 Å². The second-order valence-corrected chi connectivity index (χ2v) is 4.16. The van der Waals surface area contributed by atoms with Gasteiger partial charge in [0.05, 0.1) is 6.61 Å². The van der Waals surface area contributed by atoms with Gasteiger partial charge in [0, 0.05) is 33.3 Å². The van der Waals surface area contributed by atoms with E-state index in [2.05, 4.69) is 34.5 Å². The van der Waals surface area contributed by atoms with Crippen molar-refractivity contribution in [2.75, 3.05) is 57.6 Å². The molecular formula is C13H24N4O. The summed E-state index contributed by atoms with van der Waals surface area (Å²) in [4.78, 5) is 6.68. The molecule has 0 atom stereocenters. The minimum absolute atomic E-state index is 0.769. The summed E-state index contributed by atoms with van der Waals surface area (Å²) in [5.41, 5.74) is 0. The predicted molar refractivity (Wildman–Crippen MR) is 76.3 cm³/mol. The minimum Gasteiger partial charge on any atom is -0.383 e. The summed E-state index contributed by atoms with van der Waals surface area (Å²) in [6.07, 6.45) is 0. The van der Waals surface area contributed by atoms with Crippen LogP contribution in [0.25, 0.3) is 0 Å². The number of aromatic nitrogens is 1. The van der Waals surface area contributed by atoms with E-state index in [0.29, 0.717) is 0 Å². The molecule has 5 heteroatoms. The van der Waals surface area contributed by atoms with E-state index in [1.165, 1.54) is 0 Å². The Kier molecular flexibility index (Phi) is 7.13. The van der Waals surface area contributed by atoms with Gasteiger partial charge in [0.15, 0.2) is 0 Å². The number of pyridine rings is 1. The molecule has 0 saturated heterocycles. The first-order valence-electron chi connectivity index (χ1n) is 6.38. The van der Waals surface area contributed by atoms with Crippen molar-refractivity contribution in [3.05, 3.63) is 18.2 Å². The summed E-state index contributed by atoms with van der Waals surface area (Å²) in [6.45, 7) is 6.51. The van der Waals surface area contributed by atoms with E-state index >= 15 is 0 Å². The molecule has 1 aromatic heterocycles. The van der Waals surface area contributed by atoms with Gasteiger partial charge in [0.2, 0.25) is 0 Å². The number of rotatable bonds is 9. The molecule has 2 N–H and O–H groups in total. The molecule has 1 aromatic rings. The Morgan fingerprint density at radius 1 is 1.22 bits per heavy atom. The maximum atomic E-state index is 5.04. The summed E-state index contributed by atoms with van der Waals surface area (Å²) < 4.78 is 5.04. The van der Waals surface area contributed by atoms with Crippen molar-refractivity contribution in [2.24, 2.45) is 0 Å². The fourth-order valence-electron chi connectivity index (χ4n) is 1.55. The molecule has 0 bridgehead atoms. The van der Waals surface area contributed by atoms with Crippen LogP contribution < -0.4 is 10.6 Å². The molecule has 0 aliphatic rings. The third kappa shape index (κ3) is 5.84. The normalized spacial score (nSPS) is 10.7. The number of nitrogens with one attached hydrogen (secondary N) is 2. The first kappa shape index (κ1) is 14.7. The van der Waals surface area contributed by atoms with Crippen molar-refractivity contribution in [1.82, 2.24) is 9.88 Å². The van der Waals surface area contributed by atoms with Crippen molar-refractivity contribution >= 4 is 11.6 Å². The average Bonchev–Trinajstić information content (AvgIpc) is 2.37. The van der Waals surface area contributed by atoms with Crippen molar-refractivity contribution in [2.45, 2.75) is 6.92 Å². The highest BCUT2D eigenvalue weighted by Gasteiger charge is 1.99. The fourth-order valence-corrected chi connectivity index (χ4v) is 1.55. The molecule has 0 fully saturated rings. The van der Waals surface area contributed by atoms with Gasteiger partial charge < -0.3 is 20.3 Å². The molecule has 0 aliphatic heterocycles. The summed E-state index contributed by atoms with van der Waals surface area (Å²) in [5, 5.41) is 6.51. The molecule has 0 aromatic carbocycles. The quantitative estimate of drug-likeness (QED) is 0.697. The molecule has 0 spiro atoms. The number of likely N-dealkylation sites (N-methyl/N-ethyl adjacent to an activating group) is 1.